The zero-order valence-corrected chi connectivity index (χ0v) is 11.3. The Bertz CT molecular complexity index is 300. The molecule has 2 N–H and O–H groups in total. The topological polar surface area (TPSA) is 60.2 Å². The summed E-state index contributed by atoms with van der Waals surface area (Å²) in [6.07, 6.45) is 4.64. The lowest BCUT2D eigenvalue weighted by Crippen LogP contribution is -2.40. The molecule has 3 nitrogen and oxygen atoms in total. The first kappa shape index (κ1) is 14.0. The first-order valence-corrected chi connectivity index (χ1v) is 8.14. The molecule has 3 unspecified atom stereocenters. The zero-order valence-electron chi connectivity index (χ0n) is 10.5. The predicted molar refractivity (Wildman–Crippen MR) is 68.0 cm³/mol. The van der Waals surface area contributed by atoms with Crippen LogP contribution in [-0.4, -0.2) is 26.0 Å². The first-order valence-electron chi connectivity index (χ1n) is 6.42. The summed E-state index contributed by atoms with van der Waals surface area (Å²) < 4.78 is 24.4. The maximum atomic E-state index is 12.2. The molecule has 0 saturated heterocycles. The molecule has 0 radical (unpaired) electrons. The summed E-state index contributed by atoms with van der Waals surface area (Å²) in [5.41, 5.74) is 5.70. The van der Waals surface area contributed by atoms with Gasteiger partial charge in [0.05, 0.1) is 11.0 Å². The van der Waals surface area contributed by atoms with Crippen molar-refractivity contribution in [3.63, 3.8) is 0 Å². The molecule has 4 heteroatoms. The van der Waals surface area contributed by atoms with E-state index < -0.39 is 9.84 Å². The molecule has 0 aromatic carbocycles. The van der Waals surface area contributed by atoms with Gasteiger partial charge in [-0.25, -0.2) is 8.42 Å². The van der Waals surface area contributed by atoms with Gasteiger partial charge < -0.3 is 5.73 Å². The van der Waals surface area contributed by atoms with Crippen LogP contribution in [0.4, 0.5) is 0 Å². The van der Waals surface area contributed by atoms with Gasteiger partial charge in [0.2, 0.25) is 0 Å². The summed E-state index contributed by atoms with van der Waals surface area (Å²) in [5.74, 6) is 1.07. The highest BCUT2D eigenvalue weighted by molar-refractivity contribution is 7.92. The van der Waals surface area contributed by atoms with Crippen LogP contribution in [0.2, 0.25) is 0 Å². The summed E-state index contributed by atoms with van der Waals surface area (Å²) in [5, 5.41) is -0.173. The SMILES string of the molecule is CCCCS(=O)(=O)C1CC(C)CCC1CN. The number of unbranched alkanes of at least 4 members (excludes halogenated alkanes) is 1. The van der Waals surface area contributed by atoms with E-state index in [0.29, 0.717) is 18.2 Å². The molecule has 0 bridgehead atoms. The van der Waals surface area contributed by atoms with E-state index >= 15 is 0 Å². The molecule has 1 rings (SSSR count). The van der Waals surface area contributed by atoms with Crippen LogP contribution in [0.15, 0.2) is 0 Å². The van der Waals surface area contributed by atoms with Crippen LogP contribution in [0.3, 0.4) is 0 Å². The maximum Gasteiger partial charge on any atom is 0.153 e. The molecule has 0 amide bonds. The first-order chi connectivity index (χ1) is 7.51. The molecule has 16 heavy (non-hydrogen) atoms. The second-order valence-electron chi connectivity index (χ2n) is 5.17. The average molecular weight is 247 g/mol. The minimum Gasteiger partial charge on any atom is -0.330 e. The molecule has 1 aliphatic carbocycles. The van der Waals surface area contributed by atoms with Gasteiger partial charge in [0.15, 0.2) is 9.84 Å². The lowest BCUT2D eigenvalue weighted by molar-refractivity contribution is 0.296. The minimum absolute atomic E-state index is 0.173. The summed E-state index contributed by atoms with van der Waals surface area (Å²) in [7, 11) is -2.92. The maximum absolute atomic E-state index is 12.2. The van der Waals surface area contributed by atoms with E-state index in [2.05, 4.69) is 6.92 Å². The van der Waals surface area contributed by atoms with Crippen molar-refractivity contribution in [3.05, 3.63) is 0 Å². The van der Waals surface area contributed by atoms with Crippen molar-refractivity contribution in [1.29, 1.82) is 0 Å². The molecule has 3 atom stereocenters. The number of hydrogen-bond donors (Lipinski definition) is 1. The van der Waals surface area contributed by atoms with Gasteiger partial charge in [0.25, 0.3) is 0 Å². The Morgan fingerprint density at radius 3 is 2.56 bits per heavy atom. The Hall–Kier alpha value is -0.0900. The van der Waals surface area contributed by atoms with E-state index in [1.807, 2.05) is 6.92 Å². The molecular weight excluding hydrogens is 222 g/mol. The molecule has 0 aliphatic heterocycles. The monoisotopic (exact) mass is 247 g/mol. The summed E-state index contributed by atoms with van der Waals surface area (Å²) in [6.45, 7) is 4.69. The van der Waals surface area contributed by atoms with Gasteiger partial charge in [-0.05, 0) is 37.6 Å². The van der Waals surface area contributed by atoms with Crippen molar-refractivity contribution in [2.24, 2.45) is 17.6 Å². The largest absolute Gasteiger partial charge is 0.330 e. The molecule has 0 aromatic rings. The van der Waals surface area contributed by atoms with Crippen LogP contribution in [0.1, 0.15) is 46.0 Å². The Labute approximate surface area is 99.7 Å². The van der Waals surface area contributed by atoms with Crippen LogP contribution in [0.25, 0.3) is 0 Å². The lowest BCUT2D eigenvalue weighted by atomic mass is 9.82. The van der Waals surface area contributed by atoms with E-state index in [-0.39, 0.29) is 11.2 Å². The fourth-order valence-electron chi connectivity index (χ4n) is 2.60. The lowest BCUT2D eigenvalue weighted by Gasteiger charge is -2.33. The van der Waals surface area contributed by atoms with Crippen molar-refractivity contribution in [3.8, 4) is 0 Å². The van der Waals surface area contributed by atoms with Gasteiger partial charge in [0.1, 0.15) is 0 Å². The van der Waals surface area contributed by atoms with E-state index in [0.717, 1.165) is 32.1 Å². The standard InChI is InChI=1S/C12H25NO2S/c1-3-4-7-16(14,15)12-8-10(2)5-6-11(12)9-13/h10-12H,3-9,13H2,1-2H3. The molecule has 1 saturated carbocycles. The predicted octanol–water partition coefficient (Wildman–Crippen LogP) is 1.96. The molecular formula is C12H25NO2S. The van der Waals surface area contributed by atoms with Crippen molar-refractivity contribution in [2.45, 2.75) is 51.2 Å². The van der Waals surface area contributed by atoms with E-state index in [1.165, 1.54) is 0 Å². The third-order valence-corrected chi connectivity index (χ3v) is 6.09. The second-order valence-corrected chi connectivity index (χ2v) is 7.51. The fourth-order valence-corrected chi connectivity index (χ4v) is 5.05. The number of rotatable bonds is 5. The van der Waals surface area contributed by atoms with E-state index in [9.17, 15) is 8.42 Å². The molecule has 0 heterocycles. The Kier molecular flexibility index (Phi) is 5.25. The third-order valence-electron chi connectivity index (χ3n) is 3.74. The van der Waals surface area contributed by atoms with Gasteiger partial charge in [-0.1, -0.05) is 26.7 Å². The van der Waals surface area contributed by atoms with E-state index in [1.54, 1.807) is 0 Å². The number of sulfone groups is 1. The quantitative estimate of drug-likeness (QED) is 0.808. The molecule has 1 fully saturated rings. The summed E-state index contributed by atoms with van der Waals surface area (Å²) >= 11 is 0. The third kappa shape index (κ3) is 3.45. The van der Waals surface area contributed by atoms with Crippen LogP contribution < -0.4 is 5.73 Å². The van der Waals surface area contributed by atoms with Crippen LogP contribution in [0.5, 0.6) is 0 Å². The minimum atomic E-state index is -2.92. The molecule has 0 aromatic heterocycles. The number of nitrogens with two attached hydrogens (primary N) is 1. The average Bonchev–Trinajstić information content (AvgIpc) is 2.26. The Morgan fingerprint density at radius 2 is 2.00 bits per heavy atom. The highest BCUT2D eigenvalue weighted by Gasteiger charge is 2.36. The molecule has 96 valence electrons. The highest BCUT2D eigenvalue weighted by atomic mass is 32.2. The van der Waals surface area contributed by atoms with Crippen LogP contribution in [-0.2, 0) is 9.84 Å². The van der Waals surface area contributed by atoms with E-state index in [4.69, 9.17) is 5.73 Å². The molecule has 0 spiro atoms. The highest BCUT2D eigenvalue weighted by Crippen LogP contribution is 2.33. The van der Waals surface area contributed by atoms with Crippen molar-refractivity contribution in [2.75, 3.05) is 12.3 Å². The smallest absolute Gasteiger partial charge is 0.153 e. The van der Waals surface area contributed by atoms with Crippen molar-refractivity contribution < 1.29 is 8.42 Å². The Morgan fingerprint density at radius 1 is 1.31 bits per heavy atom. The van der Waals surface area contributed by atoms with Gasteiger partial charge in [-0.2, -0.15) is 0 Å². The van der Waals surface area contributed by atoms with Gasteiger partial charge in [-0.3, -0.25) is 0 Å². The Balaban J connectivity index is 2.73. The summed E-state index contributed by atoms with van der Waals surface area (Å²) in [4.78, 5) is 0. The normalized spacial score (nSPS) is 31.6. The number of hydrogen-bond acceptors (Lipinski definition) is 3. The second kappa shape index (κ2) is 6.01. The van der Waals surface area contributed by atoms with Crippen molar-refractivity contribution >= 4 is 9.84 Å². The summed E-state index contributed by atoms with van der Waals surface area (Å²) in [6, 6.07) is 0. The molecule has 1 aliphatic rings. The van der Waals surface area contributed by atoms with Gasteiger partial charge in [0, 0.05) is 0 Å². The van der Waals surface area contributed by atoms with Crippen molar-refractivity contribution in [1.82, 2.24) is 0 Å². The van der Waals surface area contributed by atoms with Gasteiger partial charge >= 0.3 is 0 Å². The van der Waals surface area contributed by atoms with Crippen LogP contribution in [0, 0.1) is 11.8 Å². The fraction of sp³-hybridized carbons (Fsp3) is 1.00. The van der Waals surface area contributed by atoms with Crippen LogP contribution >= 0.6 is 0 Å². The zero-order chi connectivity index (χ0) is 12.2. The van der Waals surface area contributed by atoms with Gasteiger partial charge in [-0.15, -0.1) is 0 Å².